The Morgan fingerprint density at radius 2 is 1.34 bits per heavy atom. The van der Waals surface area contributed by atoms with Gasteiger partial charge in [-0.15, -0.1) is 0 Å². The third-order valence-corrected chi connectivity index (χ3v) is 23.9. The van der Waals surface area contributed by atoms with Crippen molar-refractivity contribution in [1.82, 2.24) is 0 Å². The van der Waals surface area contributed by atoms with Crippen LogP contribution < -0.4 is 4.74 Å². The van der Waals surface area contributed by atoms with E-state index < -0.39 is 33.0 Å². The number of methoxy groups -OCH3 is 3. The summed E-state index contributed by atoms with van der Waals surface area (Å²) in [4.78, 5) is 25.1. The predicted molar refractivity (Wildman–Crippen MR) is 119 cm³/mol. The summed E-state index contributed by atoms with van der Waals surface area (Å²) in [7, 11) is 0.700. The van der Waals surface area contributed by atoms with E-state index in [4.69, 9.17) is 14.2 Å². The van der Waals surface area contributed by atoms with E-state index in [2.05, 4.69) is 44.6 Å². The number of benzene rings is 1. The van der Waals surface area contributed by atoms with Crippen LogP contribution in [-0.4, -0.2) is 48.5 Å². The van der Waals surface area contributed by atoms with Gasteiger partial charge < -0.3 is 14.2 Å². The van der Waals surface area contributed by atoms with Gasteiger partial charge in [-0.1, -0.05) is 49.8 Å². The Bertz CT molecular complexity index is 883. The van der Waals surface area contributed by atoms with E-state index in [9.17, 15) is 9.59 Å². The van der Waals surface area contributed by atoms with Gasteiger partial charge in [0.25, 0.3) is 0 Å². The maximum absolute atomic E-state index is 12.6. The molecular formula is C22H30O5Si2. The zero-order valence-corrected chi connectivity index (χ0v) is 20.5. The Hall–Kier alpha value is -2.31. The van der Waals surface area contributed by atoms with Crippen molar-refractivity contribution in [3.05, 3.63) is 40.6 Å². The zero-order chi connectivity index (χ0) is 22.0. The first kappa shape index (κ1) is 23.0. The van der Waals surface area contributed by atoms with Crippen molar-refractivity contribution >= 4 is 27.1 Å². The number of ether oxygens (including phenoxy) is 3. The van der Waals surface area contributed by atoms with Crippen molar-refractivity contribution in [2.75, 3.05) is 21.3 Å². The first-order valence-corrected chi connectivity index (χ1v) is 17.1. The lowest BCUT2D eigenvalue weighted by molar-refractivity contribution is -0.155. The van der Waals surface area contributed by atoms with Gasteiger partial charge in [0.05, 0.1) is 34.8 Å². The predicted octanol–water partition coefficient (Wildman–Crippen LogP) is 3.60. The highest BCUT2D eigenvalue weighted by Crippen LogP contribution is 2.49. The fraction of sp³-hybridized carbons (Fsp3) is 0.455. The number of hydrogen-bond acceptors (Lipinski definition) is 5. The molecule has 2 rings (SSSR count). The fourth-order valence-electron chi connectivity index (χ4n) is 3.42. The summed E-state index contributed by atoms with van der Waals surface area (Å²) < 4.78 is 15.2. The molecule has 0 saturated heterocycles. The first-order valence-electron chi connectivity index (χ1n) is 9.55. The molecule has 0 unspecified atom stereocenters. The maximum Gasteiger partial charge on any atom is 0.315 e. The van der Waals surface area contributed by atoms with E-state index >= 15 is 0 Å². The van der Waals surface area contributed by atoms with E-state index in [0.29, 0.717) is 0 Å². The van der Waals surface area contributed by atoms with Crippen LogP contribution in [0.25, 0.3) is 0 Å². The molecular weight excluding hydrogens is 400 g/mol. The van der Waals surface area contributed by atoms with Gasteiger partial charge in [0.1, 0.15) is 11.7 Å². The van der Waals surface area contributed by atoms with Gasteiger partial charge in [-0.2, -0.15) is 0 Å². The van der Waals surface area contributed by atoms with Gasteiger partial charge >= 0.3 is 11.9 Å². The highest BCUT2D eigenvalue weighted by Gasteiger charge is 2.57. The second-order valence-corrected chi connectivity index (χ2v) is 25.2. The third kappa shape index (κ3) is 4.33. The van der Waals surface area contributed by atoms with Crippen molar-refractivity contribution < 1.29 is 23.8 Å². The molecule has 5 nitrogen and oxygen atoms in total. The Balaban J connectivity index is 2.64. The molecule has 0 heterocycles. The minimum absolute atomic E-state index is 0.385. The Kier molecular flexibility index (Phi) is 6.81. The largest absolute Gasteiger partial charge is 0.497 e. The van der Waals surface area contributed by atoms with Gasteiger partial charge in [-0.05, 0) is 24.3 Å². The topological polar surface area (TPSA) is 61.8 Å². The summed E-state index contributed by atoms with van der Waals surface area (Å²) in [6.45, 7) is 11.5. The molecule has 0 spiro atoms. The minimum atomic E-state index is -1.99. The zero-order valence-electron chi connectivity index (χ0n) is 18.5. The number of hydrogen-bond donors (Lipinski definition) is 0. The molecule has 0 amide bonds. The molecule has 0 radical (unpaired) electrons. The number of carbonyl (C=O) groups excluding carboxylic acids is 2. The van der Waals surface area contributed by atoms with Crippen LogP contribution in [0.15, 0.2) is 35.0 Å². The second kappa shape index (κ2) is 8.60. The molecule has 0 saturated carbocycles. The molecule has 29 heavy (non-hydrogen) atoms. The molecule has 0 bridgehead atoms. The summed E-state index contributed by atoms with van der Waals surface area (Å²) >= 11 is 0. The Morgan fingerprint density at radius 1 is 0.828 bits per heavy atom. The lowest BCUT2D eigenvalue weighted by Gasteiger charge is -2.48. The highest BCUT2D eigenvalue weighted by molar-refractivity contribution is 7.43. The highest BCUT2D eigenvalue weighted by atomic mass is 29.3. The van der Waals surface area contributed by atoms with Gasteiger partial charge in [-0.3, -0.25) is 9.59 Å². The monoisotopic (exact) mass is 430 g/mol. The van der Waals surface area contributed by atoms with Crippen molar-refractivity contribution in [2.45, 2.75) is 32.7 Å². The van der Waals surface area contributed by atoms with Crippen LogP contribution in [0.5, 0.6) is 5.75 Å². The van der Waals surface area contributed by atoms with Gasteiger partial charge in [-0.25, -0.2) is 0 Å². The second-order valence-electron chi connectivity index (χ2n) is 8.68. The van der Waals surface area contributed by atoms with Crippen LogP contribution in [-0.2, 0) is 19.1 Å². The number of rotatable bonds is 5. The van der Waals surface area contributed by atoms with Crippen LogP contribution in [0, 0.1) is 23.7 Å². The average Bonchev–Trinajstić information content (AvgIpc) is 2.65. The molecule has 2 atom stereocenters. The smallest absolute Gasteiger partial charge is 0.315 e. The van der Waals surface area contributed by atoms with Gasteiger partial charge in [0.15, 0.2) is 0 Å². The summed E-state index contributed by atoms with van der Waals surface area (Å²) in [6, 6.07) is 7.43. The summed E-state index contributed by atoms with van der Waals surface area (Å²) in [5.74, 6) is 5.00. The molecule has 0 aromatic heterocycles. The first-order chi connectivity index (χ1) is 13.5. The summed E-state index contributed by atoms with van der Waals surface area (Å²) in [5.41, 5.74) is 1.55. The normalized spacial score (nSPS) is 18.9. The van der Waals surface area contributed by atoms with E-state index in [1.807, 2.05) is 24.3 Å². The summed E-state index contributed by atoms with van der Waals surface area (Å²) in [6.07, 6.45) is 0. The van der Waals surface area contributed by atoms with E-state index in [1.54, 1.807) is 7.11 Å². The van der Waals surface area contributed by atoms with Crippen LogP contribution in [0.1, 0.15) is 5.56 Å². The number of carbonyl (C=O) groups is 2. The maximum atomic E-state index is 12.6. The van der Waals surface area contributed by atoms with Crippen molar-refractivity contribution in [3.8, 4) is 17.6 Å². The van der Waals surface area contributed by atoms with Crippen LogP contribution in [0.3, 0.4) is 0 Å². The van der Waals surface area contributed by atoms with Crippen molar-refractivity contribution in [2.24, 2.45) is 11.8 Å². The number of esters is 2. The van der Waals surface area contributed by atoms with E-state index in [1.165, 1.54) is 14.2 Å². The quantitative estimate of drug-likeness (QED) is 0.406. The third-order valence-electron chi connectivity index (χ3n) is 6.14. The molecule has 0 fully saturated rings. The standard InChI is InChI=1S/C22H30O5Si2/c1-25-16-12-9-15(10-13-16)11-14-17-18(21(23)26-2)19(22(24)27-3)20(17)29(7,8)28(4,5)6/h9-10,12-13,18-19H,1-8H3/t18-,19+/m1/s1. The van der Waals surface area contributed by atoms with Crippen LogP contribution >= 0.6 is 0 Å². The average molecular weight is 431 g/mol. The van der Waals surface area contributed by atoms with Crippen molar-refractivity contribution in [1.29, 1.82) is 0 Å². The minimum Gasteiger partial charge on any atom is -0.497 e. The molecule has 0 N–H and O–H groups in total. The van der Waals surface area contributed by atoms with E-state index in [-0.39, 0.29) is 5.97 Å². The lowest BCUT2D eigenvalue weighted by Crippen LogP contribution is -2.61. The Labute approximate surface area is 175 Å². The fourth-order valence-corrected chi connectivity index (χ4v) is 9.48. The van der Waals surface area contributed by atoms with E-state index in [0.717, 1.165) is 22.1 Å². The molecule has 156 valence electrons. The lowest BCUT2D eigenvalue weighted by atomic mass is 9.74. The molecule has 1 aliphatic rings. The molecule has 0 aliphatic heterocycles. The molecule has 1 aromatic rings. The van der Waals surface area contributed by atoms with Crippen molar-refractivity contribution in [3.63, 3.8) is 0 Å². The SMILES string of the molecule is COC(=O)[C@@H]1C(C#Cc2ccc(OC)cc2)=C([Si](C)(C)[Si](C)(C)C)[C@H]1C(=O)OC. The molecule has 7 heteroatoms. The van der Waals surface area contributed by atoms with Gasteiger partial charge in [0.2, 0.25) is 0 Å². The molecule has 1 aromatic carbocycles. The van der Waals surface area contributed by atoms with Crippen LogP contribution in [0.2, 0.25) is 32.7 Å². The Morgan fingerprint density at radius 3 is 1.79 bits per heavy atom. The summed E-state index contributed by atoms with van der Waals surface area (Å²) in [5, 5.41) is 1.04. The molecule has 1 aliphatic carbocycles. The van der Waals surface area contributed by atoms with Gasteiger partial charge in [0, 0.05) is 18.7 Å². The van der Waals surface area contributed by atoms with Crippen LogP contribution in [0.4, 0.5) is 0 Å².